The molecule has 13 heteroatoms. The molecule has 2 bridgehead atoms. The molecule has 47 heavy (non-hydrogen) atoms. The number of amides is 2. The van der Waals surface area contributed by atoms with Crippen molar-refractivity contribution in [1.82, 2.24) is 20.5 Å². The first-order valence-electron chi connectivity index (χ1n) is 15.8. The average molecular weight is 642 g/mol. The van der Waals surface area contributed by atoms with Gasteiger partial charge >= 0.3 is 19.1 Å². The molecule has 2 saturated heterocycles. The van der Waals surface area contributed by atoms with E-state index in [-0.39, 0.29) is 18.0 Å². The van der Waals surface area contributed by atoms with Gasteiger partial charge in [-0.15, -0.1) is 0 Å². The second kappa shape index (κ2) is 14.8. The van der Waals surface area contributed by atoms with Gasteiger partial charge in [-0.1, -0.05) is 68.4 Å². The molecule has 2 fully saturated rings. The number of nitrogens with zero attached hydrogens (tertiary/aromatic N) is 3. The lowest BCUT2D eigenvalue weighted by molar-refractivity contribution is -0.155. The van der Waals surface area contributed by atoms with Gasteiger partial charge < -0.3 is 29.9 Å². The summed E-state index contributed by atoms with van der Waals surface area (Å²) in [7, 11) is 0.270. The first-order chi connectivity index (χ1) is 22.5. The molecule has 3 aromatic rings. The zero-order valence-electron chi connectivity index (χ0n) is 26.9. The van der Waals surface area contributed by atoms with Crippen molar-refractivity contribution in [3.63, 3.8) is 0 Å². The van der Waals surface area contributed by atoms with E-state index in [2.05, 4.69) is 15.6 Å². The van der Waals surface area contributed by atoms with Gasteiger partial charge in [-0.25, -0.2) is 4.98 Å². The molecular formula is C34H40BN5O7. The normalized spacial score (nSPS) is 20.3. The number of aliphatic hydroxyl groups excluding tert-OH is 1. The zero-order valence-corrected chi connectivity index (χ0v) is 26.9. The third-order valence-electron chi connectivity index (χ3n) is 8.38. The van der Waals surface area contributed by atoms with Crippen LogP contribution in [0.1, 0.15) is 37.7 Å². The summed E-state index contributed by atoms with van der Waals surface area (Å²) in [6.07, 6.45) is -1.02. The van der Waals surface area contributed by atoms with E-state index in [9.17, 15) is 24.3 Å². The number of carbonyl (C=O) groups excluding carboxylic acids is 4. The number of carbonyl (C=O) groups is 4. The molecule has 0 spiro atoms. The van der Waals surface area contributed by atoms with Crippen LogP contribution in [0.15, 0.2) is 78.9 Å². The van der Waals surface area contributed by atoms with Gasteiger partial charge in [-0.05, 0) is 50.6 Å². The van der Waals surface area contributed by atoms with E-state index in [0.29, 0.717) is 18.8 Å². The Labute approximate surface area is 274 Å². The number of piperazine rings is 1. The van der Waals surface area contributed by atoms with E-state index in [0.717, 1.165) is 11.3 Å². The van der Waals surface area contributed by atoms with Crippen LogP contribution >= 0.6 is 0 Å². The van der Waals surface area contributed by atoms with Crippen LogP contribution in [0, 0.1) is 5.92 Å². The molecule has 12 nitrogen and oxygen atoms in total. The molecule has 3 N–H and O–H groups in total. The van der Waals surface area contributed by atoms with Crippen molar-refractivity contribution in [3.8, 4) is 11.3 Å². The fraction of sp³-hybridized carbons (Fsp3) is 0.382. The predicted octanol–water partition coefficient (Wildman–Crippen LogP) is 2.08. The summed E-state index contributed by atoms with van der Waals surface area (Å²) in [5.74, 6) is -3.55. The number of nitrogens with one attached hydrogen (secondary N) is 2. The monoisotopic (exact) mass is 641 g/mol. The molecule has 2 aliphatic rings. The van der Waals surface area contributed by atoms with Crippen molar-refractivity contribution in [1.29, 1.82) is 0 Å². The lowest BCUT2D eigenvalue weighted by atomic mass is 9.73. The Morgan fingerprint density at radius 3 is 2.06 bits per heavy atom. The number of aliphatic hydroxyl groups is 1. The molecule has 5 rings (SSSR count). The summed E-state index contributed by atoms with van der Waals surface area (Å²) in [4.78, 5) is 62.0. The van der Waals surface area contributed by atoms with Crippen molar-refractivity contribution in [2.24, 2.45) is 5.92 Å². The maximum Gasteiger partial charge on any atom is 0.622 e. The third-order valence-corrected chi connectivity index (χ3v) is 8.38. The number of pyridine rings is 1. The SMILES string of the molecule is CC(C)C[C@H](NC(=O)[C@@H](NC(=O)c1cccc(-c2ccccc2)n1)[C@@H](C)O)B1OC(=O)[C@@H]2CN(c3ccccc3)C[C@@H](C(=O)O1)N2C. The maximum absolute atomic E-state index is 13.6. The Balaban J connectivity index is 1.32. The van der Waals surface area contributed by atoms with Gasteiger partial charge in [0, 0.05) is 24.3 Å². The molecule has 0 aliphatic carbocycles. The minimum absolute atomic E-state index is 0.0107. The predicted molar refractivity (Wildman–Crippen MR) is 176 cm³/mol. The number of rotatable bonds is 10. The Kier molecular flexibility index (Phi) is 10.6. The number of hydrogen-bond donors (Lipinski definition) is 3. The quantitative estimate of drug-likeness (QED) is 0.281. The van der Waals surface area contributed by atoms with Crippen LogP contribution in [0.5, 0.6) is 0 Å². The van der Waals surface area contributed by atoms with Gasteiger partial charge in [-0.2, -0.15) is 0 Å². The number of aromatic nitrogens is 1. The van der Waals surface area contributed by atoms with E-state index in [1.807, 2.05) is 79.4 Å². The van der Waals surface area contributed by atoms with Gasteiger partial charge in [0.1, 0.15) is 23.8 Å². The topological polar surface area (TPSA) is 150 Å². The standard InChI is InChI=1S/C34H40BN5O7/c1-21(2)18-29(35-46-33(44)27-19-40(24-14-9-6-10-15-24)20-28(39(27)4)34(45)47-35)37-32(43)30(22(3)41)38-31(42)26-17-11-16-25(36-26)23-12-7-5-8-13-23/h5-17,21-22,27-30,41H,18-20H2,1-4H3,(H,37,43)(H,38,42)/t22-,27+,28+,29+,30+/m1/s1. The summed E-state index contributed by atoms with van der Waals surface area (Å²) < 4.78 is 11.6. The molecule has 2 aliphatic heterocycles. The Morgan fingerprint density at radius 2 is 1.49 bits per heavy atom. The Hall–Kier alpha value is -4.75. The first kappa shape index (κ1) is 33.6. The molecule has 0 saturated carbocycles. The molecule has 2 aromatic carbocycles. The second-order valence-corrected chi connectivity index (χ2v) is 12.4. The smallest absolute Gasteiger partial charge is 0.497 e. The number of benzene rings is 2. The van der Waals surface area contributed by atoms with Gasteiger partial charge in [0.05, 0.1) is 17.7 Å². The lowest BCUT2D eigenvalue weighted by Gasteiger charge is -2.45. The second-order valence-electron chi connectivity index (χ2n) is 12.4. The van der Waals surface area contributed by atoms with Crippen LogP contribution in [0.3, 0.4) is 0 Å². The van der Waals surface area contributed by atoms with Crippen molar-refractivity contribution in [2.45, 2.75) is 57.4 Å². The van der Waals surface area contributed by atoms with Crippen molar-refractivity contribution in [3.05, 3.63) is 84.6 Å². The van der Waals surface area contributed by atoms with Crippen molar-refractivity contribution < 1.29 is 33.6 Å². The highest BCUT2D eigenvalue weighted by Gasteiger charge is 2.50. The molecule has 246 valence electrons. The molecule has 2 amide bonds. The van der Waals surface area contributed by atoms with E-state index >= 15 is 0 Å². The van der Waals surface area contributed by atoms with Gasteiger partial charge in [0.15, 0.2) is 0 Å². The molecule has 0 radical (unpaired) electrons. The lowest BCUT2D eigenvalue weighted by Crippen LogP contribution is -2.67. The molecule has 3 heterocycles. The van der Waals surface area contributed by atoms with Gasteiger partial charge in [0.25, 0.3) is 5.91 Å². The Morgan fingerprint density at radius 1 is 0.894 bits per heavy atom. The molecule has 1 aromatic heterocycles. The minimum Gasteiger partial charge on any atom is -0.497 e. The highest BCUT2D eigenvalue weighted by molar-refractivity contribution is 6.51. The largest absolute Gasteiger partial charge is 0.622 e. The zero-order chi connectivity index (χ0) is 33.7. The van der Waals surface area contributed by atoms with Crippen LogP contribution in [0.2, 0.25) is 0 Å². The molecular weight excluding hydrogens is 601 g/mol. The first-order valence-corrected chi connectivity index (χ1v) is 15.8. The Bertz CT molecular complexity index is 1550. The third kappa shape index (κ3) is 7.98. The maximum atomic E-state index is 13.6. The summed E-state index contributed by atoms with van der Waals surface area (Å²) in [5, 5.41) is 15.9. The number of anilines is 1. The van der Waals surface area contributed by atoms with Gasteiger partial charge in [0.2, 0.25) is 5.91 Å². The van der Waals surface area contributed by atoms with Crippen LogP contribution in [-0.2, 0) is 23.7 Å². The van der Waals surface area contributed by atoms with Gasteiger partial charge in [-0.3, -0.25) is 24.1 Å². The highest BCUT2D eigenvalue weighted by atomic mass is 16.6. The summed E-state index contributed by atoms with van der Waals surface area (Å²) >= 11 is 0. The summed E-state index contributed by atoms with van der Waals surface area (Å²) in [6, 6.07) is 20.9. The van der Waals surface area contributed by atoms with E-state index in [1.165, 1.54) is 13.0 Å². The average Bonchev–Trinajstić information content (AvgIpc) is 3.06. The van der Waals surface area contributed by atoms with Crippen LogP contribution in [0.25, 0.3) is 11.3 Å². The minimum atomic E-state index is -1.42. The number of para-hydroxylation sites is 1. The fourth-order valence-electron chi connectivity index (χ4n) is 5.84. The highest BCUT2D eigenvalue weighted by Crippen LogP contribution is 2.26. The van der Waals surface area contributed by atoms with Crippen LogP contribution in [0.4, 0.5) is 5.69 Å². The number of likely N-dealkylation sites (N-methyl/N-ethyl adjacent to an activating group) is 1. The van der Waals surface area contributed by atoms with E-state index in [1.54, 1.807) is 24.1 Å². The van der Waals surface area contributed by atoms with Crippen molar-refractivity contribution in [2.75, 3.05) is 25.0 Å². The summed E-state index contributed by atoms with van der Waals surface area (Å²) in [5.41, 5.74) is 2.32. The van der Waals surface area contributed by atoms with E-state index < -0.39 is 61.0 Å². The number of hydrogen-bond acceptors (Lipinski definition) is 10. The fourth-order valence-corrected chi connectivity index (χ4v) is 5.84. The van der Waals surface area contributed by atoms with Crippen LogP contribution < -0.4 is 15.5 Å². The summed E-state index contributed by atoms with van der Waals surface area (Å²) in [6.45, 7) is 5.79. The molecule has 5 atom stereocenters. The van der Waals surface area contributed by atoms with Crippen molar-refractivity contribution >= 4 is 36.6 Å². The molecule has 0 unspecified atom stereocenters. The van der Waals surface area contributed by atoms with Crippen LogP contribution in [-0.4, -0.2) is 96.2 Å². The number of fused-ring (bicyclic) bond motifs is 2. The van der Waals surface area contributed by atoms with E-state index in [4.69, 9.17) is 9.31 Å².